The van der Waals surface area contributed by atoms with Crippen molar-refractivity contribution in [2.24, 2.45) is 5.92 Å². The average molecular weight is 283 g/mol. The molecule has 0 radical (unpaired) electrons. The van der Waals surface area contributed by atoms with Crippen molar-refractivity contribution in [1.29, 1.82) is 0 Å². The molecule has 0 aromatic carbocycles. The van der Waals surface area contributed by atoms with E-state index in [1.165, 1.54) is 6.08 Å². The summed E-state index contributed by atoms with van der Waals surface area (Å²) < 4.78 is 0. The zero-order chi connectivity index (χ0) is 14.1. The van der Waals surface area contributed by atoms with Gasteiger partial charge in [0, 0.05) is 25.4 Å². The minimum Gasteiger partial charge on any atom is -0.396 e. The third-order valence-corrected chi connectivity index (χ3v) is 3.08. The number of pyridine rings is 1. The van der Waals surface area contributed by atoms with Gasteiger partial charge in [-0.15, -0.1) is 0 Å². The molecule has 1 atom stereocenters. The van der Waals surface area contributed by atoms with Gasteiger partial charge in [-0.25, -0.2) is 4.98 Å². The number of aliphatic hydroxyl groups excluding tert-OH is 1. The first kappa shape index (κ1) is 15.7. The minimum atomic E-state index is -0.147. The number of nitrogens with one attached hydrogen (secondary N) is 1. The Labute approximate surface area is 118 Å². The number of rotatable bonds is 7. The largest absolute Gasteiger partial charge is 0.396 e. The van der Waals surface area contributed by atoms with E-state index in [9.17, 15) is 4.79 Å². The summed E-state index contributed by atoms with van der Waals surface area (Å²) in [5.74, 6) is 0.172. The first-order valence-corrected chi connectivity index (χ1v) is 6.71. The fourth-order valence-corrected chi connectivity index (χ4v) is 1.71. The van der Waals surface area contributed by atoms with Crippen LogP contribution in [0.2, 0.25) is 5.15 Å². The Morgan fingerprint density at radius 3 is 2.95 bits per heavy atom. The Hall–Kier alpha value is -1.39. The van der Waals surface area contributed by atoms with Gasteiger partial charge in [0.2, 0.25) is 5.91 Å². The van der Waals surface area contributed by atoms with Crippen LogP contribution < -0.4 is 5.32 Å². The molecule has 4 nitrogen and oxygen atoms in total. The second-order valence-corrected chi connectivity index (χ2v) is 4.67. The van der Waals surface area contributed by atoms with Crippen molar-refractivity contribution < 1.29 is 9.90 Å². The van der Waals surface area contributed by atoms with Crippen LogP contribution >= 0.6 is 11.6 Å². The summed E-state index contributed by atoms with van der Waals surface area (Å²) in [6.45, 7) is 2.78. The van der Waals surface area contributed by atoms with Gasteiger partial charge in [-0.3, -0.25) is 4.79 Å². The summed E-state index contributed by atoms with van der Waals surface area (Å²) in [7, 11) is 0. The maximum Gasteiger partial charge on any atom is 0.244 e. The maximum absolute atomic E-state index is 11.6. The number of nitrogens with zero attached hydrogens (tertiary/aromatic N) is 1. The van der Waals surface area contributed by atoms with E-state index in [1.807, 2.05) is 6.92 Å². The minimum absolute atomic E-state index is 0.147. The predicted molar refractivity (Wildman–Crippen MR) is 76.8 cm³/mol. The summed E-state index contributed by atoms with van der Waals surface area (Å²) in [6.07, 6.45) is 6.40. The molecule has 0 saturated carbocycles. The maximum atomic E-state index is 11.6. The third kappa shape index (κ3) is 6.36. The smallest absolute Gasteiger partial charge is 0.244 e. The van der Waals surface area contributed by atoms with Gasteiger partial charge in [0.15, 0.2) is 0 Å². The average Bonchev–Trinajstić information content (AvgIpc) is 2.42. The zero-order valence-corrected chi connectivity index (χ0v) is 11.7. The molecular formula is C14H19ClN2O2. The van der Waals surface area contributed by atoms with Gasteiger partial charge in [0.25, 0.3) is 0 Å². The van der Waals surface area contributed by atoms with Gasteiger partial charge in [0.1, 0.15) is 5.15 Å². The Morgan fingerprint density at radius 2 is 2.37 bits per heavy atom. The lowest BCUT2D eigenvalue weighted by Gasteiger charge is -2.13. The second kappa shape index (κ2) is 8.67. The number of amides is 1. The molecule has 0 aliphatic carbocycles. The molecule has 1 unspecified atom stereocenters. The molecule has 0 fully saturated rings. The molecular weight excluding hydrogens is 264 g/mol. The summed E-state index contributed by atoms with van der Waals surface area (Å²) in [5, 5.41) is 12.1. The van der Waals surface area contributed by atoms with Crippen molar-refractivity contribution >= 4 is 23.6 Å². The van der Waals surface area contributed by atoms with Gasteiger partial charge in [-0.05, 0) is 30.0 Å². The fraction of sp³-hybridized carbons (Fsp3) is 0.429. The van der Waals surface area contributed by atoms with E-state index >= 15 is 0 Å². The van der Waals surface area contributed by atoms with Gasteiger partial charge in [-0.2, -0.15) is 0 Å². The van der Waals surface area contributed by atoms with Crippen molar-refractivity contribution in [3.05, 3.63) is 35.1 Å². The van der Waals surface area contributed by atoms with Crippen molar-refractivity contribution in [2.45, 2.75) is 19.8 Å². The highest BCUT2D eigenvalue weighted by atomic mass is 35.5. The van der Waals surface area contributed by atoms with E-state index in [-0.39, 0.29) is 12.5 Å². The van der Waals surface area contributed by atoms with Crippen LogP contribution in [0.15, 0.2) is 24.4 Å². The second-order valence-electron chi connectivity index (χ2n) is 4.28. The number of halogens is 1. The van der Waals surface area contributed by atoms with Gasteiger partial charge in [-0.1, -0.05) is 31.0 Å². The summed E-state index contributed by atoms with van der Waals surface area (Å²) in [5.41, 5.74) is 0.821. The molecule has 1 rings (SSSR count). The Bertz CT molecular complexity index is 418. The molecule has 0 aliphatic heterocycles. The van der Waals surface area contributed by atoms with Crippen LogP contribution in [-0.2, 0) is 4.79 Å². The molecule has 1 aromatic heterocycles. The van der Waals surface area contributed by atoms with Gasteiger partial charge >= 0.3 is 0 Å². The molecule has 19 heavy (non-hydrogen) atoms. The molecule has 2 N–H and O–H groups in total. The van der Waals surface area contributed by atoms with Gasteiger partial charge in [0.05, 0.1) is 0 Å². The molecule has 0 spiro atoms. The number of carbonyl (C=O) groups excluding carboxylic acids is 1. The molecule has 0 aliphatic rings. The summed E-state index contributed by atoms with van der Waals surface area (Å²) in [4.78, 5) is 15.5. The Kier molecular flexibility index (Phi) is 7.15. The Morgan fingerprint density at radius 1 is 1.58 bits per heavy atom. The lowest BCUT2D eigenvalue weighted by atomic mass is 10.0. The highest BCUT2D eigenvalue weighted by Crippen LogP contribution is 2.07. The van der Waals surface area contributed by atoms with E-state index < -0.39 is 0 Å². The highest BCUT2D eigenvalue weighted by molar-refractivity contribution is 6.29. The fourth-order valence-electron chi connectivity index (χ4n) is 1.59. The van der Waals surface area contributed by atoms with Crippen molar-refractivity contribution in [2.75, 3.05) is 13.2 Å². The van der Waals surface area contributed by atoms with Crippen LogP contribution in [0, 0.1) is 5.92 Å². The Balaban J connectivity index is 2.40. The lowest BCUT2D eigenvalue weighted by molar-refractivity contribution is -0.116. The topological polar surface area (TPSA) is 62.2 Å². The number of hydrogen-bond acceptors (Lipinski definition) is 3. The van der Waals surface area contributed by atoms with Gasteiger partial charge < -0.3 is 10.4 Å². The summed E-state index contributed by atoms with van der Waals surface area (Å²) >= 11 is 5.67. The molecule has 1 amide bonds. The predicted octanol–water partition coefficient (Wildman–Crippen LogP) is 2.27. The standard InChI is InChI=1S/C14H19ClN2O2/c1-2-11(7-8-18)9-17-14(19)6-4-12-3-5-13(15)16-10-12/h3-6,10-11,18H,2,7-9H2,1H3,(H,17,19)/b6-4+. The molecule has 0 saturated heterocycles. The summed E-state index contributed by atoms with van der Waals surface area (Å²) in [6, 6.07) is 3.47. The zero-order valence-electron chi connectivity index (χ0n) is 11.0. The van der Waals surface area contributed by atoms with E-state index in [1.54, 1.807) is 24.4 Å². The van der Waals surface area contributed by atoms with E-state index in [4.69, 9.17) is 16.7 Å². The number of aliphatic hydroxyl groups is 1. The molecule has 1 heterocycles. The first-order chi connectivity index (χ1) is 9.15. The molecule has 104 valence electrons. The molecule has 1 aromatic rings. The number of carbonyl (C=O) groups is 1. The molecule has 5 heteroatoms. The van der Waals surface area contributed by atoms with E-state index in [2.05, 4.69) is 10.3 Å². The molecule has 0 bridgehead atoms. The van der Waals surface area contributed by atoms with Crippen molar-refractivity contribution in [3.63, 3.8) is 0 Å². The van der Waals surface area contributed by atoms with Crippen LogP contribution in [-0.4, -0.2) is 29.1 Å². The van der Waals surface area contributed by atoms with Crippen LogP contribution in [0.25, 0.3) is 6.08 Å². The van der Waals surface area contributed by atoms with Crippen LogP contribution in [0.5, 0.6) is 0 Å². The van der Waals surface area contributed by atoms with E-state index in [0.717, 1.165) is 12.0 Å². The lowest BCUT2D eigenvalue weighted by Crippen LogP contribution is -2.28. The van der Waals surface area contributed by atoms with Crippen LogP contribution in [0.3, 0.4) is 0 Å². The van der Waals surface area contributed by atoms with E-state index in [0.29, 0.717) is 24.0 Å². The third-order valence-electron chi connectivity index (χ3n) is 2.86. The van der Waals surface area contributed by atoms with Crippen LogP contribution in [0.4, 0.5) is 0 Å². The normalized spacial score (nSPS) is 12.6. The number of aromatic nitrogens is 1. The first-order valence-electron chi connectivity index (χ1n) is 6.34. The van der Waals surface area contributed by atoms with Crippen molar-refractivity contribution in [3.8, 4) is 0 Å². The number of hydrogen-bond donors (Lipinski definition) is 2. The quantitative estimate of drug-likeness (QED) is 0.596. The van der Waals surface area contributed by atoms with Crippen LogP contribution in [0.1, 0.15) is 25.3 Å². The highest BCUT2D eigenvalue weighted by Gasteiger charge is 2.06. The SMILES string of the molecule is CCC(CCO)CNC(=O)/C=C/c1ccc(Cl)nc1. The van der Waals surface area contributed by atoms with Crippen molar-refractivity contribution in [1.82, 2.24) is 10.3 Å². The monoisotopic (exact) mass is 282 g/mol.